The molecule has 0 N–H and O–H groups in total. The number of anilines is 1. The molecule has 0 aromatic carbocycles. The quantitative estimate of drug-likeness (QED) is 0.728. The lowest BCUT2D eigenvalue weighted by molar-refractivity contribution is 0.111. The van der Waals surface area contributed by atoms with Crippen molar-refractivity contribution in [1.29, 1.82) is 0 Å². The van der Waals surface area contributed by atoms with Crippen molar-refractivity contribution in [3.05, 3.63) is 17.3 Å². The van der Waals surface area contributed by atoms with Crippen LogP contribution in [-0.2, 0) is 0 Å². The van der Waals surface area contributed by atoms with Crippen LogP contribution in [-0.4, -0.2) is 28.8 Å². The van der Waals surface area contributed by atoms with Gasteiger partial charge < -0.3 is 4.90 Å². The first kappa shape index (κ1) is 14.1. The van der Waals surface area contributed by atoms with Crippen LogP contribution in [0.4, 0.5) is 5.82 Å². The van der Waals surface area contributed by atoms with Gasteiger partial charge in [0.25, 0.3) is 0 Å². The second-order valence-electron chi connectivity index (χ2n) is 4.72. The van der Waals surface area contributed by atoms with Crippen LogP contribution >= 0.6 is 11.3 Å². The van der Waals surface area contributed by atoms with Gasteiger partial charge in [-0.05, 0) is 12.8 Å². The lowest BCUT2D eigenvalue weighted by atomic mass is 10.0. The maximum atomic E-state index is 11.4. The van der Waals surface area contributed by atoms with Crippen LogP contribution in [0.25, 0.3) is 4.96 Å². The van der Waals surface area contributed by atoms with Crippen LogP contribution in [0.3, 0.4) is 0 Å². The Kier molecular flexibility index (Phi) is 4.58. The summed E-state index contributed by atoms with van der Waals surface area (Å²) in [5, 5.41) is 1.95. The second kappa shape index (κ2) is 6.19. The maximum Gasteiger partial charge on any atom is 0.196 e. The van der Waals surface area contributed by atoms with Gasteiger partial charge in [-0.15, -0.1) is 11.3 Å². The molecule has 0 fully saturated rings. The average molecular weight is 279 g/mol. The molecule has 0 unspecified atom stereocenters. The minimum atomic E-state index is 0.652. The molecule has 0 spiro atoms. The van der Waals surface area contributed by atoms with Gasteiger partial charge in [0.2, 0.25) is 0 Å². The van der Waals surface area contributed by atoms with Crippen LogP contribution in [0.5, 0.6) is 0 Å². The minimum absolute atomic E-state index is 0.652. The van der Waals surface area contributed by atoms with E-state index < -0.39 is 0 Å². The van der Waals surface area contributed by atoms with Crippen molar-refractivity contribution in [2.75, 3.05) is 18.0 Å². The predicted molar refractivity (Wildman–Crippen MR) is 80.4 cm³/mol. The lowest BCUT2D eigenvalue weighted by Crippen LogP contribution is -2.30. The van der Waals surface area contributed by atoms with Gasteiger partial charge in [0, 0.05) is 24.7 Å². The third-order valence-corrected chi connectivity index (χ3v) is 4.46. The van der Waals surface area contributed by atoms with Crippen LogP contribution in [0.15, 0.2) is 11.6 Å². The van der Waals surface area contributed by atoms with Gasteiger partial charge in [-0.1, -0.05) is 26.7 Å². The highest BCUT2D eigenvalue weighted by Crippen LogP contribution is 2.25. The first-order chi connectivity index (χ1) is 9.24. The number of aromatic nitrogens is 2. The zero-order chi connectivity index (χ0) is 13.8. The van der Waals surface area contributed by atoms with Gasteiger partial charge in [0.15, 0.2) is 17.1 Å². The molecule has 0 saturated carbocycles. The van der Waals surface area contributed by atoms with Crippen molar-refractivity contribution in [3.8, 4) is 0 Å². The Morgan fingerprint density at radius 1 is 1.42 bits per heavy atom. The number of nitrogens with zero attached hydrogens (tertiary/aromatic N) is 3. The molecule has 0 bridgehead atoms. The van der Waals surface area contributed by atoms with E-state index in [0.29, 0.717) is 11.6 Å². The van der Waals surface area contributed by atoms with Gasteiger partial charge in [0.05, 0.1) is 0 Å². The Balaban J connectivity index is 2.34. The molecule has 0 aliphatic carbocycles. The Labute approximate surface area is 118 Å². The van der Waals surface area contributed by atoms with Crippen molar-refractivity contribution in [2.45, 2.75) is 33.6 Å². The van der Waals surface area contributed by atoms with E-state index in [0.717, 1.165) is 43.0 Å². The number of rotatable bonds is 7. The molecule has 4 nitrogen and oxygen atoms in total. The third-order valence-electron chi connectivity index (χ3n) is 3.71. The smallest absolute Gasteiger partial charge is 0.196 e. The van der Waals surface area contributed by atoms with Crippen LogP contribution in [0.2, 0.25) is 0 Å². The standard InChI is InChI=1S/C14H21N3OS/c1-4-11(5-2)9-16(6-3)13-12(10-18)17-7-8-19-14(17)15-13/h7-8,10-11H,4-6,9H2,1-3H3. The van der Waals surface area contributed by atoms with Gasteiger partial charge in [-0.2, -0.15) is 0 Å². The zero-order valence-electron chi connectivity index (χ0n) is 11.8. The Morgan fingerprint density at radius 3 is 2.74 bits per heavy atom. The van der Waals surface area contributed by atoms with Crippen LogP contribution in [0.1, 0.15) is 44.1 Å². The van der Waals surface area contributed by atoms with E-state index in [4.69, 9.17) is 0 Å². The van der Waals surface area contributed by atoms with Crippen molar-refractivity contribution < 1.29 is 4.79 Å². The third kappa shape index (κ3) is 2.66. The van der Waals surface area contributed by atoms with Crippen molar-refractivity contribution in [2.24, 2.45) is 5.92 Å². The molecule has 0 aliphatic rings. The molecule has 2 rings (SSSR count). The molecule has 0 aliphatic heterocycles. The van der Waals surface area contributed by atoms with Crippen LogP contribution in [0, 0.1) is 5.92 Å². The fraction of sp³-hybridized carbons (Fsp3) is 0.571. The molecule has 5 heteroatoms. The topological polar surface area (TPSA) is 37.6 Å². The summed E-state index contributed by atoms with van der Waals surface area (Å²) in [7, 11) is 0. The molecule has 19 heavy (non-hydrogen) atoms. The molecule has 0 saturated heterocycles. The Morgan fingerprint density at radius 2 is 2.16 bits per heavy atom. The average Bonchev–Trinajstić information content (AvgIpc) is 3.00. The summed E-state index contributed by atoms with van der Waals surface area (Å²) in [6, 6.07) is 0. The summed E-state index contributed by atoms with van der Waals surface area (Å²) < 4.78 is 1.88. The first-order valence-corrected chi connectivity index (χ1v) is 7.78. The van der Waals surface area contributed by atoms with E-state index in [2.05, 4.69) is 30.7 Å². The summed E-state index contributed by atoms with van der Waals surface area (Å²) in [5.41, 5.74) is 0.670. The zero-order valence-corrected chi connectivity index (χ0v) is 12.6. The number of carbonyl (C=O) groups excluding carboxylic acids is 1. The number of carbonyl (C=O) groups is 1. The van der Waals surface area contributed by atoms with Gasteiger partial charge in [-0.25, -0.2) is 4.98 Å². The normalized spacial score (nSPS) is 11.4. The number of imidazole rings is 1. The number of thiazole rings is 1. The van der Waals surface area contributed by atoms with Crippen molar-refractivity contribution in [1.82, 2.24) is 9.38 Å². The highest BCUT2D eigenvalue weighted by atomic mass is 32.1. The molecule has 2 aromatic rings. The lowest BCUT2D eigenvalue weighted by Gasteiger charge is -2.25. The Bertz CT molecular complexity index is 542. The van der Waals surface area contributed by atoms with Crippen LogP contribution < -0.4 is 4.90 Å². The fourth-order valence-corrected chi connectivity index (χ4v) is 3.07. The largest absolute Gasteiger partial charge is 0.355 e. The molecular formula is C14H21N3OS. The molecule has 0 amide bonds. The molecule has 2 aromatic heterocycles. The van der Waals surface area contributed by atoms with Gasteiger partial charge in [0.1, 0.15) is 5.69 Å². The van der Waals surface area contributed by atoms with E-state index in [1.807, 2.05) is 16.0 Å². The fourth-order valence-electron chi connectivity index (χ4n) is 2.36. The highest BCUT2D eigenvalue weighted by molar-refractivity contribution is 7.15. The molecular weight excluding hydrogens is 258 g/mol. The molecule has 0 atom stereocenters. The van der Waals surface area contributed by atoms with Crippen molar-refractivity contribution >= 4 is 28.4 Å². The molecule has 0 radical (unpaired) electrons. The maximum absolute atomic E-state index is 11.4. The van der Waals surface area contributed by atoms with E-state index in [1.165, 1.54) is 0 Å². The summed E-state index contributed by atoms with van der Waals surface area (Å²) >= 11 is 1.56. The second-order valence-corrected chi connectivity index (χ2v) is 5.59. The monoisotopic (exact) mass is 279 g/mol. The molecule has 2 heterocycles. The number of hydrogen-bond acceptors (Lipinski definition) is 4. The highest BCUT2D eigenvalue weighted by Gasteiger charge is 2.19. The number of fused-ring (bicyclic) bond motifs is 1. The summed E-state index contributed by atoms with van der Waals surface area (Å²) in [5.74, 6) is 1.48. The van der Waals surface area contributed by atoms with Crippen molar-refractivity contribution in [3.63, 3.8) is 0 Å². The number of aldehydes is 1. The summed E-state index contributed by atoms with van der Waals surface area (Å²) in [6.07, 6.45) is 5.14. The van der Waals surface area contributed by atoms with E-state index in [1.54, 1.807) is 11.3 Å². The molecule has 104 valence electrons. The number of hydrogen-bond donors (Lipinski definition) is 0. The SMILES string of the molecule is CCC(CC)CN(CC)c1nc2sccn2c1C=O. The van der Waals surface area contributed by atoms with E-state index in [9.17, 15) is 4.79 Å². The first-order valence-electron chi connectivity index (χ1n) is 6.90. The van der Waals surface area contributed by atoms with E-state index >= 15 is 0 Å². The van der Waals surface area contributed by atoms with Gasteiger partial charge >= 0.3 is 0 Å². The summed E-state index contributed by atoms with van der Waals surface area (Å²) in [6.45, 7) is 8.39. The van der Waals surface area contributed by atoms with Gasteiger partial charge in [-0.3, -0.25) is 9.20 Å². The van der Waals surface area contributed by atoms with E-state index in [-0.39, 0.29) is 0 Å². The Hall–Kier alpha value is -1.36. The minimum Gasteiger partial charge on any atom is -0.355 e. The predicted octanol–water partition coefficient (Wildman–Crippen LogP) is 3.47. The summed E-state index contributed by atoms with van der Waals surface area (Å²) in [4.78, 5) is 19.1.